The van der Waals surface area contributed by atoms with Crippen LogP contribution in [0.3, 0.4) is 0 Å². The molecule has 1 unspecified atom stereocenters. The molecule has 1 aliphatic rings. The third-order valence-corrected chi connectivity index (χ3v) is 3.78. The van der Waals surface area contributed by atoms with Crippen molar-refractivity contribution >= 4 is 11.6 Å². The van der Waals surface area contributed by atoms with E-state index in [1.54, 1.807) is 0 Å². The molecule has 72 valence electrons. The summed E-state index contributed by atoms with van der Waals surface area (Å²) in [7, 11) is 0. The molecule has 1 saturated heterocycles. The molecule has 1 nitrogen and oxygen atoms in total. The van der Waals surface area contributed by atoms with E-state index in [-0.39, 0.29) is 0 Å². The predicted molar refractivity (Wildman–Crippen MR) is 52.7 cm³/mol. The molecule has 1 atom stereocenters. The quantitative estimate of drug-likeness (QED) is 0.620. The molecule has 0 radical (unpaired) electrons. The van der Waals surface area contributed by atoms with Gasteiger partial charge >= 0.3 is 0 Å². The Labute approximate surface area is 80.4 Å². The van der Waals surface area contributed by atoms with Crippen LogP contribution in [0.4, 0.5) is 0 Å². The Kier molecular flexibility index (Phi) is 3.85. The maximum atomic E-state index is 6.04. The molecule has 12 heavy (non-hydrogen) atoms. The van der Waals surface area contributed by atoms with Crippen LogP contribution in [0.25, 0.3) is 0 Å². The van der Waals surface area contributed by atoms with E-state index < -0.39 is 0 Å². The average Bonchev–Trinajstić information content (AvgIpc) is 2.56. The van der Waals surface area contributed by atoms with Crippen LogP contribution < -0.4 is 0 Å². The zero-order valence-electron chi connectivity index (χ0n) is 8.11. The fraction of sp³-hybridized carbons (Fsp3) is 1.00. The lowest BCUT2D eigenvalue weighted by atomic mass is 9.73. The summed E-state index contributed by atoms with van der Waals surface area (Å²) in [5.74, 6) is 1.51. The lowest BCUT2D eigenvalue weighted by Gasteiger charge is -2.33. The summed E-state index contributed by atoms with van der Waals surface area (Å²) < 4.78 is 5.45. The van der Waals surface area contributed by atoms with Crippen LogP contribution in [0.5, 0.6) is 0 Å². The smallest absolute Gasteiger partial charge is 0.0537 e. The summed E-state index contributed by atoms with van der Waals surface area (Å²) in [5, 5.41) is 0. The van der Waals surface area contributed by atoms with Crippen molar-refractivity contribution in [3.05, 3.63) is 0 Å². The van der Waals surface area contributed by atoms with Crippen LogP contribution in [0.2, 0.25) is 0 Å². The molecule has 0 amide bonds. The lowest BCUT2D eigenvalue weighted by Crippen LogP contribution is -2.32. The summed E-state index contributed by atoms with van der Waals surface area (Å²) in [5.41, 5.74) is 0.297. The number of hydrogen-bond donors (Lipinski definition) is 0. The SMILES string of the molecule is CCC(CC)C1(CCl)CCOC1. The predicted octanol–water partition coefficient (Wildman–Crippen LogP) is 3.07. The minimum absolute atomic E-state index is 0.297. The largest absolute Gasteiger partial charge is 0.381 e. The zero-order valence-corrected chi connectivity index (χ0v) is 8.86. The first-order valence-corrected chi connectivity index (χ1v) is 5.46. The average molecular weight is 191 g/mol. The van der Waals surface area contributed by atoms with Gasteiger partial charge in [-0.3, -0.25) is 0 Å². The second-order valence-corrected chi connectivity index (χ2v) is 4.08. The van der Waals surface area contributed by atoms with E-state index in [2.05, 4.69) is 13.8 Å². The highest BCUT2D eigenvalue weighted by molar-refractivity contribution is 6.18. The Morgan fingerprint density at radius 2 is 2.08 bits per heavy atom. The highest BCUT2D eigenvalue weighted by Gasteiger charge is 2.39. The van der Waals surface area contributed by atoms with Crippen molar-refractivity contribution in [1.29, 1.82) is 0 Å². The van der Waals surface area contributed by atoms with Gasteiger partial charge in [-0.25, -0.2) is 0 Å². The number of hydrogen-bond acceptors (Lipinski definition) is 1. The maximum absolute atomic E-state index is 6.04. The van der Waals surface area contributed by atoms with Crippen LogP contribution in [0.1, 0.15) is 33.1 Å². The molecule has 2 heteroatoms. The molecular formula is C10H19ClO. The molecule has 1 aliphatic heterocycles. The molecular weight excluding hydrogens is 172 g/mol. The van der Waals surface area contributed by atoms with Crippen molar-refractivity contribution in [2.75, 3.05) is 19.1 Å². The van der Waals surface area contributed by atoms with Crippen LogP contribution >= 0.6 is 11.6 Å². The molecule has 0 bridgehead atoms. The van der Waals surface area contributed by atoms with E-state index in [0.717, 1.165) is 31.4 Å². The van der Waals surface area contributed by atoms with Gasteiger partial charge in [0.1, 0.15) is 0 Å². The third kappa shape index (κ3) is 1.77. The Morgan fingerprint density at radius 1 is 1.42 bits per heavy atom. The molecule has 0 aromatic carbocycles. The second kappa shape index (κ2) is 4.48. The zero-order chi connectivity index (χ0) is 9.03. The van der Waals surface area contributed by atoms with Crippen molar-refractivity contribution in [2.24, 2.45) is 11.3 Å². The van der Waals surface area contributed by atoms with Gasteiger partial charge in [-0.2, -0.15) is 0 Å². The topological polar surface area (TPSA) is 9.23 Å². The summed E-state index contributed by atoms with van der Waals surface area (Å²) in [4.78, 5) is 0. The van der Waals surface area contributed by atoms with Crippen molar-refractivity contribution < 1.29 is 4.74 Å². The fourth-order valence-electron chi connectivity index (χ4n) is 2.31. The summed E-state index contributed by atoms with van der Waals surface area (Å²) >= 11 is 6.04. The summed E-state index contributed by atoms with van der Waals surface area (Å²) in [6, 6.07) is 0. The number of ether oxygens (including phenoxy) is 1. The lowest BCUT2D eigenvalue weighted by molar-refractivity contribution is 0.118. The van der Waals surface area contributed by atoms with E-state index in [9.17, 15) is 0 Å². The van der Waals surface area contributed by atoms with Gasteiger partial charge in [-0.15, -0.1) is 11.6 Å². The Balaban J connectivity index is 2.63. The van der Waals surface area contributed by atoms with Crippen LogP contribution in [0, 0.1) is 11.3 Å². The minimum Gasteiger partial charge on any atom is -0.381 e. The van der Waals surface area contributed by atoms with E-state index >= 15 is 0 Å². The highest BCUT2D eigenvalue weighted by atomic mass is 35.5. The highest BCUT2D eigenvalue weighted by Crippen LogP contribution is 2.41. The number of halogens is 1. The fourth-order valence-corrected chi connectivity index (χ4v) is 2.74. The molecule has 1 rings (SSSR count). The molecule has 0 aromatic rings. The van der Waals surface area contributed by atoms with Crippen LogP contribution in [-0.2, 0) is 4.74 Å². The molecule has 0 saturated carbocycles. The van der Waals surface area contributed by atoms with Crippen molar-refractivity contribution in [1.82, 2.24) is 0 Å². The van der Waals surface area contributed by atoms with Gasteiger partial charge in [0.15, 0.2) is 0 Å². The van der Waals surface area contributed by atoms with Gasteiger partial charge in [0, 0.05) is 17.9 Å². The van der Waals surface area contributed by atoms with Crippen molar-refractivity contribution in [3.63, 3.8) is 0 Å². The maximum Gasteiger partial charge on any atom is 0.0537 e. The first kappa shape index (κ1) is 10.3. The second-order valence-electron chi connectivity index (χ2n) is 3.81. The van der Waals surface area contributed by atoms with E-state index in [1.807, 2.05) is 0 Å². The van der Waals surface area contributed by atoms with Crippen LogP contribution in [0.15, 0.2) is 0 Å². The molecule has 0 N–H and O–H groups in total. The number of alkyl halides is 1. The van der Waals surface area contributed by atoms with E-state index in [1.165, 1.54) is 12.8 Å². The molecule has 1 heterocycles. The van der Waals surface area contributed by atoms with Gasteiger partial charge in [-0.05, 0) is 12.3 Å². The van der Waals surface area contributed by atoms with Crippen molar-refractivity contribution in [2.45, 2.75) is 33.1 Å². The van der Waals surface area contributed by atoms with Gasteiger partial charge in [0.2, 0.25) is 0 Å². The van der Waals surface area contributed by atoms with Crippen LogP contribution in [-0.4, -0.2) is 19.1 Å². The third-order valence-electron chi connectivity index (χ3n) is 3.25. The van der Waals surface area contributed by atoms with Gasteiger partial charge in [-0.1, -0.05) is 26.7 Å². The normalized spacial score (nSPS) is 30.0. The molecule has 0 aliphatic carbocycles. The first-order chi connectivity index (χ1) is 5.79. The first-order valence-electron chi connectivity index (χ1n) is 4.92. The molecule has 0 aromatic heterocycles. The van der Waals surface area contributed by atoms with Gasteiger partial charge in [0.05, 0.1) is 6.61 Å². The van der Waals surface area contributed by atoms with Gasteiger partial charge in [0.25, 0.3) is 0 Å². The Bertz CT molecular complexity index is 126. The van der Waals surface area contributed by atoms with Gasteiger partial charge < -0.3 is 4.74 Å². The molecule has 1 fully saturated rings. The Morgan fingerprint density at radius 3 is 2.42 bits per heavy atom. The number of rotatable bonds is 4. The standard InChI is InChI=1S/C10H19ClO/c1-3-9(4-2)10(7-11)5-6-12-8-10/h9H,3-8H2,1-2H3. The summed E-state index contributed by atoms with van der Waals surface area (Å²) in [6.07, 6.45) is 3.61. The molecule has 0 spiro atoms. The van der Waals surface area contributed by atoms with E-state index in [4.69, 9.17) is 16.3 Å². The van der Waals surface area contributed by atoms with E-state index in [0.29, 0.717) is 5.41 Å². The monoisotopic (exact) mass is 190 g/mol. The van der Waals surface area contributed by atoms with Crippen molar-refractivity contribution in [3.8, 4) is 0 Å². The minimum atomic E-state index is 0.297. The summed E-state index contributed by atoms with van der Waals surface area (Å²) in [6.45, 7) is 6.29. The Hall–Kier alpha value is 0.250.